The number of hydrogen-bond acceptors (Lipinski definition) is 9. The molecular weight excluding hydrogens is 680 g/mol. The minimum Gasteiger partial charge on any atom is -0.416 e. The van der Waals surface area contributed by atoms with Crippen molar-refractivity contribution < 1.29 is 22.0 Å². The largest absolute Gasteiger partial charge is 0.416 e. The van der Waals surface area contributed by atoms with Gasteiger partial charge in [-0.2, -0.15) is 0 Å². The monoisotopic (exact) mass is 714 g/mol. The lowest BCUT2D eigenvalue weighted by molar-refractivity contribution is 0.479. The summed E-state index contributed by atoms with van der Waals surface area (Å²) >= 11 is 0. The van der Waals surface area contributed by atoms with Crippen LogP contribution in [0.4, 0.5) is 28.9 Å². The molecule has 2 aliphatic heterocycles. The Balaban J connectivity index is 1.27. The molecule has 0 bridgehead atoms. The number of piperazine rings is 2. The molecule has 8 rings (SSSR count). The lowest BCUT2D eigenvalue weighted by Crippen LogP contribution is -2.49. The summed E-state index contributed by atoms with van der Waals surface area (Å²) in [5.41, 5.74) is -0.247. The summed E-state index contributed by atoms with van der Waals surface area (Å²) in [6.45, 7) is 8.55. The van der Waals surface area contributed by atoms with Crippen LogP contribution in [-0.2, 0) is 6.54 Å². The Bertz CT molecular complexity index is 2490. The number of nitrogens with zero attached hydrogens (tertiary/aromatic N) is 6. The third kappa shape index (κ3) is 5.79. The number of halogens is 4. The number of aryl methyl sites for hydroxylation is 1. The topological polar surface area (TPSA) is 113 Å². The maximum absolute atomic E-state index is 15.8. The first kappa shape index (κ1) is 33.6. The van der Waals surface area contributed by atoms with Crippen molar-refractivity contribution in [2.75, 3.05) is 55.6 Å². The zero-order valence-corrected chi connectivity index (χ0v) is 28.4. The Kier molecular flexibility index (Phi) is 8.54. The van der Waals surface area contributed by atoms with Gasteiger partial charge in [0.1, 0.15) is 34.4 Å². The van der Waals surface area contributed by atoms with E-state index in [2.05, 4.69) is 20.8 Å². The Morgan fingerprint density at radius 2 is 1.35 bits per heavy atom. The Labute approximate surface area is 294 Å². The van der Waals surface area contributed by atoms with Gasteiger partial charge < -0.3 is 34.0 Å². The lowest BCUT2D eigenvalue weighted by Gasteiger charge is -2.34. The van der Waals surface area contributed by atoms with Crippen molar-refractivity contribution in [3.63, 3.8) is 0 Å². The van der Waals surface area contributed by atoms with Crippen LogP contribution in [0.2, 0.25) is 0 Å². The Morgan fingerprint density at radius 3 is 2.00 bits per heavy atom. The normalized spacial score (nSPS) is 16.7. The van der Waals surface area contributed by atoms with Crippen LogP contribution in [0.15, 0.2) is 68.9 Å². The minimum absolute atomic E-state index is 0.0194. The third-order valence-electron chi connectivity index (χ3n) is 9.78. The first-order valence-electron chi connectivity index (χ1n) is 17.1. The fraction of sp³-hybridized carbons (Fsp3) is 0.297. The molecule has 2 saturated heterocycles. The Morgan fingerprint density at radius 1 is 0.750 bits per heavy atom. The molecule has 0 amide bonds. The van der Waals surface area contributed by atoms with E-state index < -0.39 is 34.1 Å². The van der Waals surface area contributed by atoms with E-state index in [-0.39, 0.29) is 56.6 Å². The number of nitrogens with one attached hydrogen (secondary N) is 2. The molecule has 0 radical (unpaired) electrons. The molecule has 15 heteroatoms. The van der Waals surface area contributed by atoms with Gasteiger partial charge in [-0.1, -0.05) is 0 Å². The molecule has 2 fully saturated rings. The van der Waals surface area contributed by atoms with Gasteiger partial charge in [-0.15, -0.1) is 10.2 Å². The molecule has 3 aromatic heterocycles. The number of anilines is 2. The van der Waals surface area contributed by atoms with Crippen LogP contribution in [0, 0.1) is 23.3 Å². The van der Waals surface area contributed by atoms with Gasteiger partial charge in [-0.25, -0.2) is 17.6 Å². The molecule has 11 nitrogen and oxygen atoms in total. The summed E-state index contributed by atoms with van der Waals surface area (Å²) in [7, 11) is 0. The van der Waals surface area contributed by atoms with Crippen LogP contribution in [-0.4, -0.2) is 71.2 Å². The summed E-state index contributed by atoms with van der Waals surface area (Å²) in [5, 5.41) is 14.7. The number of pyridine rings is 2. The standard InChI is InChI=1S/C37H34F4N8O3/c1-3-46-18-24(34(50)22-13-27(40)32(15-30(22)46)47-9-6-42-7-10-47)36-44-45-37(52-36)25-19-49(29-5-4-21(38)12-26(29)39)31-16-33(28(41)14-23(31)35(25)51)48-11-8-43-20(2)17-48/h4-5,12-16,18-20,42-43H,3,6-11,17H2,1-2H3. The van der Waals surface area contributed by atoms with Crippen molar-refractivity contribution >= 4 is 33.2 Å². The maximum Gasteiger partial charge on any atom is 0.253 e. The highest BCUT2D eigenvalue weighted by atomic mass is 19.1. The third-order valence-corrected chi connectivity index (χ3v) is 9.78. The van der Waals surface area contributed by atoms with Crippen LogP contribution >= 0.6 is 0 Å². The van der Waals surface area contributed by atoms with Gasteiger partial charge in [0.15, 0.2) is 0 Å². The summed E-state index contributed by atoms with van der Waals surface area (Å²) in [5.74, 6) is -3.47. The molecule has 0 spiro atoms. The first-order valence-corrected chi connectivity index (χ1v) is 17.1. The van der Waals surface area contributed by atoms with Gasteiger partial charge in [0.05, 0.1) is 28.1 Å². The van der Waals surface area contributed by atoms with Crippen molar-refractivity contribution in [2.24, 2.45) is 0 Å². The van der Waals surface area contributed by atoms with Gasteiger partial charge >= 0.3 is 0 Å². The molecule has 2 aliphatic rings. The highest BCUT2D eigenvalue weighted by Gasteiger charge is 2.26. The molecule has 52 heavy (non-hydrogen) atoms. The Hall–Kier alpha value is -5.54. The van der Waals surface area contributed by atoms with Gasteiger partial charge in [-0.3, -0.25) is 9.59 Å². The summed E-state index contributed by atoms with van der Waals surface area (Å²) in [6.07, 6.45) is 2.82. The number of aromatic nitrogens is 4. The number of hydrogen-bond donors (Lipinski definition) is 2. The fourth-order valence-electron chi connectivity index (χ4n) is 7.16. The van der Waals surface area contributed by atoms with Gasteiger partial charge in [0.2, 0.25) is 10.9 Å². The van der Waals surface area contributed by atoms with Gasteiger partial charge in [-0.05, 0) is 50.2 Å². The van der Waals surface area contributed by atoms with Crippen molar-refractivity contribution in [3.05, 3.63) is 98.6 Å². The summed E-state index contributed by atoms with van der Waals surface area (Å²) < 4.78 is 69.7. The number of fused-ring (bicyclic) bond motifs is 2. The fourth-order valence-corrected chi connectivity index (χ4v) is 7.16. The maximum atomic E-state index is 15.8. The van der Waals surface area contributed by atoms with E-state index in [1.165, 1.54) is 29.0 Å². The lowest BCUT2D eigenvalue weighted by atomic mass is 10.1. The van der Waals surface area contributed by atoms with E-state index in [0.29, 0.717) is 69.6 Å². The smallest absolute Gasteiger partial charge is 0.253 e. The van der Waals surface area contributed by atoms with E-state index in [9.17, 15) is 14.0 Å². The van der Waals surface area contributed by atoms with Gasteiger partial charge in [0.25, 0.3) is 11.8 Å². The van der Waals surface area contributed by atoms with E-state index in [1.807, 2.05) is 23.6 Å². The van der Waals surface area contributed by atoms with E-state index >= 15 is 13.2 Å². The molecule has 0 aliphatic carbocycles. The van der Waals surface area contributed by atoms with Crippen molar-refractivity contribution in [2.45, 2.75) is 26.4 Å². The van der Waals surface area contributed by atoms with Crippen LogP contribution < -0.4 is 31.3 Å². The van der Waals surface area contributed by atoms with Crippen LogP contribution in [0.5, 0.6) is 0 Å². The van der Waals surface area contributed by atoms with Crippen LogP contribution in [0.1, 0.15) is 13.8 Å². The first-order chi connectivity index (χ1) is 25.1. The molecule has 0 saturated carbocycles. The summed E-state index contributed by atoms with van der Waals surface area (Å²) in [6, 6.07) is 8.52. The molecule has 268 valence electrons. The summed E-state index contributed by atoms with van der Waals surface area (Å²) in [4.78, 5) is 31.6. The number of benzene rings is 3. The second kappa shape index (κ2) is 13.2. The van der Waals surface area contributed by atoms with Crippen molar-refractivity contribution in [3.8, 4) is 28.6 Å². The quantitative estimate of drug-likeness (QED) is 0.235. The second-order valence-corrected chi connectivity index (χ2v) is 13.1. The number of rotatable bonds is 6. The SMILES string of the molecule is CCn1cc(-c2nnc(-c3cn(-c4ccc(F)cc4F)c4cc(N5CCNC(C)C5)c(F)cc4c3=O)o2)c(=O)c2cc(F)c(N3CCNCC3)cc21. The molecule has 5 heterocycles. The van der Waals surface area contributed by atoms with E-state index in [4.69, 9.17) is 4.42 Å². The van der Waals surface area contributed by atoms with Gasteiger partial charge in [0, 0.05) is 87.6 Å². The molecule has 1 unspecified atom stereocenters. The molecule has 6 aromatic rings. The van der Waals surface area contributed by atoms with E-state index in [1.54, 1.807) is 16.8 Å². The predicted octanol–water partition coefficient (Wildman–Crippen LogP) is 4.81. The van der Waals surface area contributed by atoms with E-state index in [0.717, 1.165) is 12.1 Å². The average molecular weight is 715 g/mol. The second-order valence-electron chi connectivity index (χ2n) is 13.1. The highest BCUT2D eigenvalue weighted by Crippen LogP contribution is 2.32. The molecule has 3 aromatic carbocycles. The molecule has 2 N–H and O–H groups in total. The zero-order valence-electron chi connectivity index (χ0n) is 28.4. The highest BCUT2D eigenvalue weighted by molar-refractivity contribution is 5.88. The minimum atomic E-state index is -0.924. The van der Waals surface area contributed by atoms with Crippen LogP contribution in [0.25, 0.3) is 50.4 Å². The molecule has 1 atom stereocenters. The predicted molar refractivity (Wildman–Crippen MR) is 190 cm³/mol. The zero-order chi connectivity index (χ0) is 36.3. The average Bonchev–Trinajstić information content (AvgIpc) is 3.62. The van der Waals surface area contributed by atoms with Crippen molar-refractivity contribution in [1.82, 2.24) is 30.0 Å². The molecular formula is C37H34F4N8O3. The van der Waals surface area contributed by atoms with Crippen molar-refractivity contribution in [1.29, 1.82) is 0 Å². The van der Waals surface area contributed by atoms with Crippen LogP contribution in [0.3, 0.4) is 0 Å².